The summed E-state index contributed by atoms with van der Waals surface area (Å²) >= 11 is 1.69. The minimum Gasteiger partial charge on any atom is -0.306 e. The van der Waals surface area contributed by atoms with E-state index in [0.29, 0.717) is 0 Å². The van der Waals surface area contributed by atoms with Crippen LogP contribution in [0, 0.1) is 19.7 Å². The predicted octanol–water partition coefficient (Wildman–Crippen LogP) is 4.20. The fraction of sp³-hybridized carbons (Fsp3) is 0.333. The molecule has 0 amide bonds. The SMILES string of the molecule is CCNC(c1ccsc1)c1c(C)cc(F)cc1C. The van der Waals surface area contributed by atoms with Crippen LogP contribution in [-0.2, 0) is 0 Å². The molecule has 0 aliphatic heterocycles. The summed E-state index contributed by atoms with van der Waals surface area (Å²) in [6.45, 7) is 6.93. The van der Waals surface area contributed by atoms with E-state index in [1.807, 2.05) is 13.8 Å². The van der Waals surface area contributed by atoms with Crippen LogP contribution < -0.4 is 5.32 Å². The summed E-state index contributed by atoms with van der Waals surface area (Å²) in [6, 6.07) is 5.50. The molecule has 0 radical (unpaired) electrons. The highest BCUT2D eigenvalue weighted by Gasteiger charge is 2.18. The number of halogens is 1. The second kappa shape index (κ2) is 5.63. The molecule has 2 rings (SSSR count). The average molecular weight is 263 g/mol. The molecule has 0 saturated heterocycles. The molecule has 2 aromatic rings. The summed E-state index contributed by atoms with van der Waals surface area (Å²) in [4.78, 5) is 0. The lowest BCUT2D eigenvalue weighted by Gasteiger charge is -2.22. The highest BCUT2D eigenvalue weighted by Crippen LogP contribution is 2.29. The Bertz CT molecular complexity index is 496. The minimum absolute atomic E-state index is 0.154. The Hall–Kier alpha value is -1.19. The Balaban J connectivity index is 2.49. The van der Waals surface area contributed by atoms with Gasteiger partial charge in [-0.25, -0.2) is 4.39 Å². The first-order valence-electron chi connectivity index (χ1n) is 6.15. The lowest BCUT2D eigenvalue weighted by molar-refractivity contribution is 0.607. The Kier molecular flexibility index (Phi) is 4.15. The second-order valence-electron chi connectivity index (χ2n) is 4.50. The van der Waals surface area contributed by atoms with Crippen molar-refractivity contribution in [2.45, 2.75) is 26.8 Å². The largest absolute Gasteiger partial charge is 0.306 e. The molecular weight excluding hydrogens is 245 g/mol. The van der Waals surface area contributed by atoms with Gasteiger partial charge in [-0.05, 0) is 71.6 Å². The number of rotatable bonds is 4. The van der Waals surface area contributed by atoms with E-state index in [1.54, 1.807) is 23.5 Å². The van der Waals surface area contributed by atoms with Crippen molar-refractivity contribution in [3.8, 4) is 0 Å². The summed E-state index contributed by atoms with van der Waals surface area (Å²) in [7, 11) is 0. The first kappa shape index (κ1) is 13.2. The number of benzene rings is 1. The molecule has 0 fully saturated rings. The molecular formula is C15H18FNS. The third-order valence-corrected chi connectivity index (χ3v) is 3.83. The molecule has 1 aromatic carbocycles. The molecule has 1 heterocycles. The number of thiophene rings is 1. The van der Waals surface area contributed by atoms with E-state index < -0.39 is 0 Å². The van der Waals surface area contributed by atoms with Crippen molar-refractivity contribution >= 4 is 11.3 Å². The molecule has 96 valence electrons. The third-order valence-electron chi connectivity index (χ3n) is 3.13. The molecule has 0 spiro atoms. The van der Waals surface area contributed by atoms with Crippen LogP contribution in [0.3, 0.4) is 0 Å². The zero-order valence-corrected chi connectivity index (χ0v) is 11.8. The minimum atomic E-state index is -0.158. The van der Waals surface area contributed by atoms with Crippen molar-refractivity contribution < 1.29 is 4.39 Å². The topological polar surface area (TPSA) is 12.0 Å². The average Bonchev–Trinajstić information content (AvgIpc) is 2.79. The monoisotopic (exact) mass is 263 g/mol. The van der Waals surface area contributed by atoms with Gasteiger partial charge in [0.25, 0.3) is 0 Å². The van der Waals surface area contributed by atoms with Gasteiger partial charge in [0.15, 0.2) is 0 Å². The van der Waals surface area contributed by atoms with Gasteiger partial charge in [-0.15, -0.1) is 0 Å². The summed E-state index contributed by atoms with van der Waals surface area (Å²) < 4.78 is 13.4. The van der Waals surface area contributed by atoms with Gasteiger partial charge in [-0.2, -0.15) is 11.3 Å². The molecule has 1 N–H and O–H groups in total. The first-order valence-corrected chi connectivity index (χ1v) is 7.10. The van der Waals surface area contributed by atoms with E-state index in [4.69, 9.17) is 0 Å². The highest BCUT2D eigenvalue weighted by molar-refractivity contribution is 7.08. The summed E-state index contributed by atoms with van der Waals surface area (Å²) in [6.07, 6.45) is 0. The second-order valence-corrected chi connectivity index (χ2v) is 5.28. The predicted molar refractivity (Wildman–Crippen MR) is 75.7 cm³/mol. The van der Waals surface area contributed by atoms with Crippen molar-refractivity contribution in [2.24, 2.45) is 0 Å². The smallest absolute Gasteiger partial charge is 0.123 e. The normalized spacial score (nSPS) is 12.7. The summed E-state index contributed by atoms with van der Waals surface area (Å²) in [5, 5.41) is 7.71. The van der Waals surface area contributed by atoms with Crippen LogP contribution in [-0.4, -0.2) is 6.54 Å². The lowest BCUT2D eigenvalue weighted by Crippen LogP contribution is -2.23. The molecule has 1 atom stereocenters. The maximum absolute atomic E-state index is 13.4. The van der Waals surface area contributed by atoms with Crippen molar-refractivity contribution in [2.75, 3.05) is 6.54 Å². The molecule has 0 saturated carbocycles. The van der Waals surface area contributed by atoms with E-state index in [1.165, 1.54) is 11.1 Å². The number of hydrogen-bond donors (Lipinski definition) is 1. The van der Waals surface area contributed by atoms with Crippen molar-refractivity contribution in [3.63, 3.8) is 0 Å². The van der Waals surface area contributed by atoms with Gasteiger partial charge in [0, 0.05) is 0 Å². The van der Waals surface area contributed by atoms with Gasteiger partial charge in [0.1, 0.15) is 5.82 Å². The fourth-order valence-electron chi connectivity index (χ4n) is 2.41. The Morgan fingerprint density at radius 1 is 1.28 bits per heavy atom. The molecule has 3 heteroatoms. The Morgan fingerprint density at radius 2 is 1.94 bits per heavy atom. The van der Waals surface area contributed by atoms with Crippen LogP contribution >= 0.6 is 11.3 Å². The maximum atomic E-state index is 13.4. The molecule has 1 nitrogen and oxygen atoms in total. The van der Waals surface area contributed by atoms with E-state index >= 15 is 0 Å². The van der Waals surface area contributed by atoms with Crippen LogP contribution in [0.5, 0.6) is 0 Å². The molecule has 1 unspecified atom stereocenters. The Labute approximate surface area is 112 Å². The first-order chi connectivity index (χ1) is 8.63. The van der Waals surface area contributed by atoms with Crippen molar-refractivity contribution in [1.82, 2.24) is 5.32 Å². The molecule has 1 aromatic heterocycles. The van der Waals surface area contributed by atoms with Crippen LogP contribution in [0.1, 0.15) is 35.2 Å². The van der Waals surface area contributed by atoms with Crippen molar-refractivity contribution in [1.29, 1.82) is 0 Å². The standard InChI is InChI=1S/C15H18FNS/c1-4-17-15(12-5-6-18-9-12)14-10(2)7-13(16)8-11(14)3/h5-9,15,17H,4H2,1-3H3. The quantitative estimate of drug-likeness (QED) is 0.871. The molecule has 0 aliphatic carbocycles. The summed E-state index contributed by atoms with van der Waals surface area (Å²) in [5.74, 6) is -0.158. The van der Waals surface area contributed by atoms with E-state index in [0.717, 1.165) is 17.7 Å². The van der Waals surface area contributed by atoms with Gasteiger partial charge >= 0.3 is 0 Å². The number of nitrogens with one attached hydrogen (secondary N) is 1. The highest BCUT2D eigenvalue weighted by atomic mass is 32.1. The van der Waals surface area contributed by atoms with Crippen molar-refractivity contribution in [3.05, 3.63) is 57.0 Å². The van der Waals surface area contributed by atoms with Crippen LogP contribution in [0.4, 0.5) is 4.39 Å². The van der Waals surface area contributed by atoms with E-state index in [2.05, 4.69) is 29.1 Å². The fourth-order valence-corrected chi connectivity index (χ4v) is 3.09. The molecule has 18 heavy (non-hydrogen) atoms. The lowest BCUT2D eigenvalue weighted by atomic mass is 9.92. The van der Waals surface area contributed by atoms with Gasteiger partial charge < -0.3 is 5.32 Å². The maximum Gasteiger partial charge on any atom is 0.123 e. The Morgan fingerprint density at radius 3 is 2.44 bits per heavy atom. The molecule has 0 aliphatic rings. The third kappa shape index (κ3) is 2.62. The van der Waals surface area contributed by atoms with Crippen LogP contribution in [0.2, 0.25) is 0 Å². The van der Waals surface area contributed by atoms with E-state index in [9.17, 15) is 4.39 Å². The van der Waals surface area contributed by atoms with Crippen LogP contribution in [0.25, 0.3) is 0 Å². The molecule has 0 bridgehead atoms. The van der Waals surface area contributed by atoms with Gasteiger partial charge in [0.05, 0.1) is 6.04 Å². The van der Waals surface area contributed by atoms with Gasteiger partial charge in [-0.1, -0.05) is 6.92 Å². The van der Waals surface area contributed by atoms with Crippen LogP contribution in [0.15, 0.2) is 29.0 Å². The van der Waals surface area contributed by atoms with Gasteiger partial charge in [-0.3, -0.25) is 0 Å². The van der Waals surface area contributed by atoms with Gasteiger partial charge in [0.2, 0.25) is 0 Å². The zero-order chi connectivity index (χ0) is 13.1. The summed E-state index contributed by atoms with van der Waals surface area (Å²) in [5.41, 5.74) is 4.45. The zero-order valence-electron chi connectivity index (χ0n) is 11.0. The van der Waals surface area contributed by atoms with E-state index in [-0.39, 0.29) is 11.9 Å². The number of aryl methyl sites for hydroxylation is 2. The number of hydrogen-bond acceptors (Lipinski definition) is 2.